The van der Waals surface area contributed by atoms with E-state index in [4.69, 9.17) is 0 Å². The summed E-state index contributed by atoms with van der Waals surface area (Å²) in [5, 5.41) is 12.8. The fourth-order valence-corrected chi connectivity index (χ4v) is 5.15. The Bertz CT molecular complexity index is 1210. The summed E-state index contributed by atoms with van der Waals surface area (Å²) in [5.74, 6) is -1.40. The molecule has 0 saturated heterocycles. The van der Waals surface area contributed by atoms with E-state index in [0.29, 0.717) is 17.8 Å². The lowest BCUT2D eigenvalue weighted by Gasteiger charge is -2.07. The summed E-state index contributed by atoms with van der Waals surface area (Å²) < 4.78 is 56.3. The highest BCUT2D eigenvalue weighted by molar-refractivity contribution is 7.17. The molecule has 2 saturated carbocycles. The standard InChI is InChI=1S/C19H18F4N4O2S/c1-8-15(12-4-10(12)7-28)27-13(29)5-11(24-18(27)30-8)6-26-16(9-2-3-9)14(20)17(25-26)19(21,22)23/h5,9-10,12,28H,2-4,6-7H2,1H3/t10-,12+/m0/s1. The van der Waals surface area contributed by atoms with Crippen molar-refractivity contribution in [3.63, 3.8) is 0 Å². The van der Waals surface area contributed by atoms with Crippen molar-refractivity contribution in [2.45, 2.75) is 50.7 Å². The minimum Gasteiger partial charge on any atom is -0.396 e. The SMILES string of the molecule is Cc1sc2nc(Cn3nc(C(F)(F)F)c(F)c3C3CC3)cc(=O)n2c1[C@@H]1C[C@H]1CO. The fourth-order valence-electron chi connectivity index (χ4n) is 4.09. The van der Waals surface area contributed by atoms with Crippen molar-refractivity contribution in [3.8, 4) is 0 Å². The van der Waals surface area contributed by atoms with Crippen LogP contribution in [0.3, 0.4) is 0 Å². The highest BCUT2D eigenvalue weighted by Crippen LogP contribution is 2.49. The van der Waals surface area contributed by atoms with Crippen molar-refractivity contribution < 1.29 is 22.7 Å². The van der Waals surface area contributed by atoms with E-state index in [2.05, 4.69) is 10.1 Å². The Morgan fingerprint density at radius 1 is 1.30 bits per heavy atom. The highest BCUT2D eigenvalue weighted by atomic mass is 32.1. The van der Waals surface area contributed by atoms with Crippen molar-refractivity contribution in [1.82, 2.24) is 19.2 Å². The first-order chi connectivity index (χ1) is 14.2. The second-order valence-corrected chi connectivity index (χ2v) is 9.19. The van der Waals surface area contributed by atoms with E-state index < -0.39 is 17.7 Å². The topological polar surface area (TPSA) is 72.4 Å². The van der Waals surface area contributed by atoms with E-state index in [0.717, 1.165) is 21.7 Å². The van der Waals surface area contributed by atoms with Gasteiger partial charge in [-0.1, -0.05) is 0 Å². The quantitative estimate of drug-likeness (QED) is 0.615. The number of hydrogen-bond acceptors (Lipinski definition) is 5. The third-order valence-corrected chi connectivity index (χ3v) is 6.74. The summed E-state index contributed by atoms with van der Waals surface area (Å²) in [6.07, 6.45) is -2.87. The van der Waals surface area contributed by atoms with E-state index in [1.165, 1.54) is 21.8 Å². The van der Waals surface area contributed by atoms with Gasteiger partial charge in [-0.15, -0.1) is 11.3 Å². The molecule has 2 aliphatic rings. The van der Waals surface area contributed by atoms with Crippen LogP contribution in [-0.4, -0.2) is 30.9 Å². The molecule has 160 valence electrons. The van der Waals surface area contributed by atoms with Crippen LogP contribution in [-0.2, 0) is 12.7 Å². The zero-order valence-corrected chi connectivity index (χ0v) is 16.7. The van der Waals surface area contributed by atoms with Crippen LogP contribution < -0.4 is 5.56 Å². The summed E-state index contributed by atoms with van der Waals surface area (Å²) in [4.78, 5) is 18.6. The maximum absolute atomic E-state index is 14.4. The molecular formula is C19H18F4N4O2S. The monoisotopic (exact) mass is 442 g/mol. The first-order valence-corrected chi connectivity index (χ1v) is 10.5. The molecule has 3 aromatic rings. The van der Waals surface area contributed by atoms with Gasteiger partial charge in [-0.25, -0.2) is 9.37 Å². The van der Waals surface area contributed by atoms with Crippen LogP contribution in [0.15, 0.2) is 10.9 Å². The van der Waals surface area contributed by atoms with Gasteiger partial charge in [-0.05, 0) is 32.1 Å². The number of hydrogen-bond donors (Lipinski definition) is 1. The number of thiazole rings is 1. The third-order valence-electron chi connectivity index (χ3n) is 5.77. The molecule has 0 unspecified atom stereocenters. The minimum absolute atomic E-state index is 0.0536. The number of aliphatic hydroxyl groups excluding tert-OH is 1. The summed E-state index contributed by atoms with van der Waals surface area (Å²) in [5.41, 5.74) is -0.868. The Labute approximate surface area is 171 Å². The second-order valence-electron chi connectivity index (χ2n) is 8.01. The maximum Gasteiger partial charge on any atom is 0.438 e. The fraction of sp³-hybridized carbons (Fsp3) is 0.526. The van der Waals surface area contributed by atoms with Crippen LogP contribution in [0, 0.1) is 18.7 Å². The van der Waals surface area contributed by atoms with Crippen molar-refractivity contribution >= 4 is 16.3 Å². The average Bonchev–Trinajstić information content (AvgIpc) is 3.56. The maximum atomic E-state index is 14.4. The van der Waals surface area contributed by atoms with Crippen LogP contribution >= 0.6 is 11.3 Å². The number of fused-ring (bicyclic) bond motifs is 1. The first kappa shape index (κ1) is 19.7. The molecule has 30 heavy (non-hydrogen) atoms. The number of rotatable bonds is 5. The Balaban J connectivity index is 1.55. The summed E-state index contributed by atoms with van der Waals surface area (Å²) in [7, 11) is 0. The molecule has 2 atom stereocenters. The van der Waals surface area contributed by atoms with Gasteiger partial charge in [0.05, 0.1) is 17.9 Å². The molecule has 1 N–H and O–H groups in total. The van der Waals surface area contributed by atoms with Gasteiger partial charge in [-0.2, -0.15) is 18.3 Å². The zero-order valence-electron chi connectivity index (χ0n) is 15.9. The lowest BCUT2D eigenvalue weighted by atomic mass is 10.2. The molecule has 0 bridgehead atoms. The van der Waals surface area contributed by atoms with Gasteiger partial charge in [-0.3, -0.25) is 13.9 Å². The van der Waals surface area contributed by atoms with Crippen molar-refractivity contribution in [1.29, 1.82) is 0 Å². The zero-order chi connectivity index (χ0) is 21.4. The highest BCUT2D eigenvalue weighted by Gasteiger charge is 2.43. The predicted octanol–water partition coefficient (Wildman–Crippen LogP) is 3.44. The molecule has 2 fully saturated rings. The van der Waals surface area contributed by atoms with Gasteiger partial charge in [0.15, 0.2) is 10.8 Å². The van der Waals surface area contributed by atoms with E-state index >= 15 is 0 Å². The molecule has 0 aromatic carbocycles. The van der Waals surface area contributed by atoms with Crippen molar-refractivity contribution in [2.24, 2.45) is 5.92 Å². The van der Waals surface area contributed by atoms with E-state index in [-0.39, 0.29) is 47.9 Å². The van der Waals surface area contributed by atoms with Crippen molar-refractivity contribution in [2.75, 3.05) is 6.61 Å². The number of halogens is 4. The molecule has 5 rings (SSSR count). The summed E-state index contributed by atoms with van der Waals surface area (Å²) >= 11 is 1.32. The lowest BCUT2D eigenvalue weighted by Crippen LogP contribution is -2.18. The Kier molecular flexibility index (Phi) is 4.34. The van der Waals surface area contributed by atoms with E-state index in [9.17, 15) is 27.5 Å². The molecule has 0 spiro atoms. The molecular weight excluding hydrogens is 424 g/mol. The van der Waals surface area contributed by atoms with Crippen LogP contribution in [0.1, 0.15) is 58.8 Å². The molecule has 3 aromatic heterocycles. The number of nitrogens with zero attached hydrogens (tertiary/aromatic N) is 4. The van der Waals surface area contributed by atoms with Gasteiger partial charge in [0.2, 0.25) is 5.69 Å². The van der Waals surface area contributed by atoms with Crippen LogP contribution in [0.4, 0.5) is 17.6 Å². The summed E-state index contributed by atoms with van der Waals surface area (Å²) in [6.45, 7) is 1.72. The number of aliphatic hydroxyl groups is 1. The summed E-state index contributed by atoms with van der Waals surface area (Å²) in [6, 6.07) is 1.27. The van der Waals surface area contributed by atoms with Gasteiger partial charge in [0.1, 0.15) is 0 Å². The average molecular weight is 442 g/mol. The smallest absolute Gasteiger partial charge is 0.396 e. The lowest BCUT2D eigenvalue weighted by molar-refractivity contribution is -0.143. The number of alkyl halides is 3. The van der Waals surface area contributed by atoms with Gasteiger partial charge < -0.3 is 5.11 Å². The van der Waals surface area contributed by atoms with Crippen LogP contribution in [0.25, 0.3) is 4.96 Å². The van der Waals surface area contributed by atoms with Gasteiger partial charge in [0, 0.05) is 35.1 Å². The van der Waals surface area contributed by atoms with Crippen LogP contribution in [0.5, 0.6) is 0 Å². The van der Waals surface area contributed by atoms with Crippen LogP contribution in [0.2, 0.25) is 0 Å². The van der Waals surface area contributed by atoms with E-state index in [1.807, 2.05) is 6.92 Å². The molecule has 6 nitrogen and oxygen atoms in total. The Morgan fingerprint density at radius 2 is 2.03 bits per heavy atom. The molecule has 3 heterocycles. The largest absolute Gasteiger partial charge is 0.438 e. The normalized spacial score (nSPS) is 21.5. The Hall–Kier alpha value is -2.27. The molecule has 0 amide bonds. The number of aryl methyl sites for hydroxylation is 1. The van der Waals surface area contributed by atoms with E-state index in [1.54, 1.807) is 0 Å². The second kappa shape index (κ2) is 6.61. The molecule has 11 heteroatoms. The van der Waals surface area contributed by atoms with Crippen molar-refractivity contribution in [3.05, 3.63) is 49.9 Å². The van der Waals surface area contributed by atoms with Gasteiger partial charge >= 0.3 is 6.18 Å². The first-order valence-electron chi connectivity index (χ1n) is 9.65. The van der Waals surface area contributed by atoms with Gasteiger partial charge in [0.25, 0.3) is 5.56 Å². The molecule has 0 aliphatic heterocycles. The predicted molar refractivity (Wildman–Crippen MR) is 100 cm³/mol. The minimum atomic E-state index is -4.89. The molecule has 2 aliphatic carbocycles. The number of aromatic nitrogens is 4. The molecule has 0 radical (unpaired) electrons. The third kappa shape index (κ3) is 3.15. The Morgan fingerprint density at radius 3 is 2.63 bits per heavy atom.